The summed E-state index contributed by atoms with van der Waals surface area (Å²) in [4.78, 5) is 3.46. The van der Waals surface area contributed by atoms with Crippen LogP contribution in [0.25, 0.3) is 33.4 Å². The fourth-order valence-electron chi connectivity index (χ4n) is 3.88. The molecule has 11 heteroatoms. The highest BCUT2D eigenvalue weighted by Gasteiger charge is 2.36. The normalized spacial score (nSPS) is 12.3. The molecule has 0 radical (unpaired) electrons. The molecule has 0 aliphatic carbocycles. The largest absolute Gasteiger partial charge is 0.433 e. The Labute approximate surface area is 207 Å². The van der Waals surface area contributed by atoms with Gasteiger partial charge in [0, 0.05) is 5.56 Å². The van der Waals surface area contributed by atoms with Crippen LogP contribution < -0.4 is 0 Å². The standard InChI is InChI=1S/C26H16F5N3O2S/c1-15-2-12-20(13-3-15)37(35,36)34-25-23(24(33-34)17-6-10-19(28)11-7-17)21(14-22(32-25)26(29,30)31)16-4-8-18(27)9-5-16/h2-14H,1H3. The van der Waals surface area contributed by atoms with Gasteiger partial charge in [-0.1, -0.05) is 29.8 Å². The third kappa shape index (κ3) is 4.46. The number of hydrogen-bond acceptors (Lipinski definition) is 4. The summed E-state index contributed by atoms with van der Waals surface area (Å²) in [6.07, 6.45) is -4.93. The molecule has 0 bridgehead atoms. The lowest BCUT2D eigenvalue weighted by Gasteiger charge is -2.12. The summed E-state index contributed by atoms with van der Waals surface area (Å²) in [7, 11) is -4.50. The number of nitrogens with zero attached hydrogens (tertiary/aromatic N) is 3. The van der Waals surface area contributed by atoms with Crippen LogP contribution in [0.5, 0.6) is 0 Å². The summed E-state index contributed by atoms with van der Waals surface area (Å²) in [5.41, 5.74) is -0.844. The first-order chi connectivity index (χ1) is 17.4. The second-order valence-corrected chi connectivity index (χ2v) is 10.0. The van der Waals surface area contributed by atoms with Crippen LogP contribution >= 0.6 is 0 Å². The van der Waals surface area contributed by atoms with Gasteiger partial charge >= 0.3 is 6.18 Å². The molecule has 5 aromatic rings. The van der Waals surface area contributed by atoms with Crippen molar-refractivity contribution >= 4 is 21.1 Å². The second kappa shape index (κ2) is 8.77. The highest BCUT2D eigenvalue weighted by Crippen LogP contribution is 2.40. The van der Waals surface area contributed by atoms with Gasteiger partial charge in [-0.3, -0.25) is 0 Å². The van der Waals surface area contributed by atoms with Gasteiger partial charge in [-0.05, 0) is 72.6 Å². The van der Waals surface area contributed by atoms with Gasteiger partial charge < -0.3 is 0 Å². The van der Waals surface area contributed by atoms with Crippen molar-refractivity contribution in [2.45, 2.75) is 18.0 Å². The van der Waals surface area contributed by atoms with E-state index in [2.05, 4.69) is 10.1 Å². The Morgan fingerprint density at radius 1 is 0.784 bits per heavy atom. The maximum atomic E-state index is 13.9. The quantitative estimate of drug-likeness (QED) is 0.246. The second-order valence-electron chi connectivity index (χ2n) is 8.27. The van der Waals surface area contributed by atoms with Gasteiger partial charge in [0.1, 0.15) is 23.0 Å². The average molecular weight is 529 g/mol. The molecule has 0 atom stereocenters. The smallest absolute Gasteiger partial charge is 0.223 e. The Morgan fingerprint density at radius 3 is 1.86 bits per heavy atom. The number of halogens is 5. The Balaban J connectivity index is 1.92. The lowest BCUT2D eigenvalue weighted by Crippen LogP contribution is -2.16. The van der Waals surface area contributed by atoms with Crippen molar-refractivity contribution < 1.29 is 30.4 Å². The summed E-state index contributed by atoms with van der Waals surface area (Å²) in [5.74, 6) is -1.18. The molecule has 0 aliphatic heterocycles. The van der Waals surface area contributed by atoms with Gasteiger partial charge in [-0.25, -0.2) is 13.8 Å². The van der Waals surface area contributed by atoms with Crippen molar-refractivity contribution in [2.75, 3.05) is 0 Å². The van der Waals surface area contributed by atoms with Crippen molar-refractivity contribution in [3.05, 3.63) is 102 Å². The zero-order chi connectivity index (χ0) is 26.5. The van der Waals surface area contributed by atoms with Crippen LogP contribution in [0.4, 0.5) is 22.0 Å². The number of pyridine rings is 1. The van der Waals surface area contributed by atoms with Crippen LogP contribution in [0.3, 0.4) is 0 Å². The van der Waals surface area contributed by atoms with E-state index in [-0.39, 0.29) is 32.7 Å². The minimum Gasteiger partial charge on any atom is -0.223 e. The van der Waals surface area contributed by atoms with Crippen molar-refractivity contribution in [2.24, 2.45) is 0 Å². The SMILES string of the molecule is Cc1ccc(S(=O)(=O)n2nc(-c3ccc(F)cc3)c3c(-c4ccc(F)cc4)cc(C(F)(F)F)nc32)cc1. The van der Waals surface area contributed by atoms with E-state index in [0.29, 0.717) is 4.09 Å². The highest BCUT2D eigenvalue weighted by atomic mass is 32.2. The molecule has 0 unspecified atom stereocenters. The summed E-state index contributed by atoms with van der Waals surface area (Å²) in [5, 5.41) is 4.16. The van der Waals surface area contributed by atoms with Gasteiger partial charge in [0.05, 0.1) is 10.3 Å². The molecule has 5 nitrogen and oxygen atoms in total. The molecule has 188 valence electrons. The molecule has 0 amide bonds. The molecule has 0 aliphatic rings. The van der Waals surface area contributed by atoms with Crippen molar-refractivity contribution in [1.29, 1.82) is 0 Å². The summed E-state index contributed by atoms with van der Waals surface area (Å²) >= 11 is 0. The number of benzene rings is 3. The number of aryl methyl sites for hydroxylation is 1. The van der Waals surface area contributed by atoms with Crippen molar-refractivity contribution in [3.8, 4) is 22.4 Å². The molecule has 2 heterocycles. The van der Waals surface area contributed by atoms with E-state index in [4.69, 9.17) is 0 Å². The van der Waals surface area contributed by atoms with E-state index in [1.165, 1.54) is 48.5 Å². The van der Waals surface area contributed by atoms with Gasteiger partial charge in [0.25, 0.3) is 10.0 Å². The van der Waals surface area contributed by atoms with Crippen LogP contribution in [0.2, 0.25) is 0 Å². The van der Waals surface area contributed by atoms with Gasteiger partial charge in [-0.2, -0.15) is 26.7 Å². The minimum atomic E-state index is -4.93. The number of alkyl halides is 3. The lowest BCUT2D eigenvalue weighted by atomic mass is 9.98. The van der Waals surface area contributed by atoms with Gasteiger partial charge in [0.15, 0.2) is 5.65 Å². The molecule has 2 aromatic heterocycles. The zero-order valence-electron chi connectivity index (χ0n) is 19.0. The number of rotatable bonds is 4. The summed E-state index contributed by atoms with van der Waals surface area (Å²) in [6, 6.07) is 16.0. The fraction of sp³-hybridized carbons (Fsp3) is 0.0769. The van der Waals surface area contributed by atoms with Crippen molar-refractivity contribution in [3.63, 3.8) is 0 Å². The molecule has 0 spiro atoms. The first-order valence-corrected chi connectivity index (χ1v) is 12.2. The van der Waals surface area contributed by atoms with E-state index < -0.39 is 39.2 Å². The lowest BCUT2D eigenvalue weighted by molar-refractivity contribution is -0.140. The third-order valence-corrected chi connectivity index (χ3v) is 7.30. The van der Waals surface area contributed by atoms with Crippen LogP contribution in [0.15, 0.2) is 83.8 Å². The predicted molar refractivity (Wildman–Crippen MR) is 127 cm³/mol. The van der Waals surface area contributed by atoms with Crippen LogP contribution in [-0.4, -0.2) is 22.6 Å². The number of fused-ring (bicyclic) bond motifs is 1. The third-order valence-electron chi connectivity index (χ3n) is 5.72. The van der Waals surface area contributed by atoms with E-state index in [0.717, 1.165) is 35.9 Å². The minimum absolute atomic E-state index is 0.0260. The molecular weight excluding hydrogens is 513 g/mol. The average Bonchev–Trinajstić information content (AvgIpc) is 3.25. The van der Waals surface area contributed by atoms with Crippen LogP contribution in [0.1, 0.15) is 11.3 Å². The zero-order valence-corrected chi connectivity index (χ0v) is 19.8. The number of aromatic nitrogens is 3. The molecule has 37 heavy (non-hydrogen) atoms. The molecule has 0 N–H and O–H groups in total. The van der Waals surface area contributed by atoms with Crippen molar-refractivity contribution in [1.82, 2.24) is 14.2 Å². The first-order valence-electron chi connectivity index (χ1n) is 10.8. The Hall–Kier alpha value is -4.12. The van der Waals surface area contributed by atoms with Crippen LogP contribution in [-0.2, 0) is 16.2 Å². The topological polar surface area (TPSA) is 64.8 Å². The van der Waals surface area contributed by atoms with E-state index in [1.54, 1.807) is 6.92 Å². The van der Waals surface area contributed by atoms with E-state index in [9.17, 15) is 30.4 Å². The Bertz CT molecular complexity index is 1730. The maximum Gasteiger partial charge on any atom is 0.433 e. The first kappa shape index (κ1) is 24.6. The summed E-state index contributed by atoms with van der Waals surface area (Å²) in [6.45, 7) is 1.75. The molecule has 5 rings (SSSR count). The fourth-order valence-corrected chi connectivity index (χ4v) is 5.11. The number of hydrogen-bond donors (Lipinski definition) is 0. The Kier molecular flexibility index (Phi) is 5.82. The van der Waals surface area contributed by atoms with Gasteiger partial charge in [0.2, 0.25) is 0 Å². The van der Waals surface area contributed by atoms with E-state index >= 15 is 0 Å². The molecule has 0 saturated carbocycles. The molecule has 0 fully saturated rings. The Morgan fingerprint density at radius 2 is 1.32 bits per heavy atom. The van der Waals surface area contributed by atoms with E-state index in [1.807, 2.05) is 0 Å². The monoisotopic (exact) mass is 529 g/mol. The molecular formula is C26H16F5N3O2S. The highest BCUT2D eigenvalue weighted by molar-refractivity contribution is 7.90. The molecule has 0 saturated heterocycles. The molecule has 3 aromatic carbocycles. The summed E-state index contributed by atoms with van der Waals surface area (Å²) < 4.78 is 96.6. The van der Waals surface area contributed by atoms with Crippen LogP contribution in [0, 0.1) is 18.6 Å². The van der Waals surface area contributed by atoms with Gasteiger partial charge in [-0.15, -0.1) is 4.09 Å². The predicted octanol–water partition coefficient (Wildman–Crippen LogP) is 6.61. The maximum absolute atomic E-state index is 13.9.